The SMILES string of the molecule is CCc1ccc(CCC(=O)N(C)Cc2cnn(C)c2)cc1. The molecule has 0 aliphatic heterocycles. The fourth-order valence-electron chi connectivity index (χ4n) is 2.30. The summed E-state index contributed by atoms with van der Waals surface area (Å²) in [5.41, 5.74) is 3.61. The van der Waals surface area contributed by atoms with E-state index in [4.69, 9.17) is 0 Å². The van der Waals surface area contributed by atoms with Gasteiger partial charge in [0.1, 0.15) is 0 Å². The summed E-state index contributed by atoms with van der Waals surface area (Å²) in [7, 11) is 3.72. The first-order chi connectivity index (χ1) is 10.1. The molecule has 4 heteroatoms. The van der Waals surface area contributed by atoms with Crippen LogP contribution in [-0.2, 0) is 31.2 Å². The van der Waals surface area contributed by atoms with Crippen LogP contribution in [0.15, 0.2) is 36.7 Å². The Hall–Kier alpha value is -2.10. The molecule has 0 fully saturated rings. The minimum absolute atomic E-state index is 0.165. The molecule has 0 N–H and O–H groups in total. The predicted molar refractivity (Wildman–Crippen MR) is 83.8 cm³/mol. The van der Waals surface area contributed by atoms with E-state index in [1.165, 1.54) is 11.1 Å². The number of aryl methyl sites for hydroxylation is 3. The van der Waals surface area contributed by atoms with Crippen molar-refractivity contribution in [3.8, 4) is 0 Å². The Labute approximate surface area is 126 Å². The normalized spacial score (nSPS) is 10.6. The number of carbonyl (C=O) groups excluding carboxylic acids is 1. The van der Waals surface area contributed by atoms with Gasteiger partial charge < -0.3 is 4.90 Å². The van der Waals surface area contributed by atoms with Gasteiger partial charge in [-0.25, -0.2) is 0 Å². The summed E-state index contributed by atoms with van der Waals surface area (Å²) in [6.45, 7) is 2.76. The molecule has 1 aromatic carbocycles. The van der Waals surface area contributed by atoms with Crippen LogP contribution in [0.2, 0.25) is 0 Å². The van der Waals surface area contributed by atoms with Crippen molar-refractivity contribution in [1.82, 2.24) is 14.7 Å². The van der Waals surface area contributed by atoms with Crippen LogP contribution in [0.5, 0.6) is 0 Å². The molecule has 0 bridgehead atoms. The molecule has 0 aliphatic rings. The van der Waals surface area contributed by atoms with Gasteiger partial charge in [0.15, 0.2) is 0 Å². The Morgan fingerprint density at radius 1 is 1.19 bits per heavy atom. The minimum Gasteiger partial charge on any atom is -0.341 e. The molecule has 0 spiro atoms. The van der Waals surface area contributed by atoms with Crippen molar-refractivity contribution in [3.63, 3.8) is 0 Å². The maximum Gasteiger partial charge on any atom is 0.222 e. The van der Waals surface area contributed by atoms with Gasteiger partial charge in [-0.3, -0.25) is 9.48 Å². The molecule has 0 aliphatic carbocycles. The standard InChI is InChI=1S/C17H23N3O/c1-4-14-5-7-15(8-6-14)9-10-17(21)19(2)12-16-11-18-20(3)13-16/h5-8,11,13H,4,9-10,12H2,1-3H3. The summed E-state index contributed by atoms with van der Waals surface area (Å²) in [5, 5.41) is 4.12. The molecule has 2 rings (SSSR count). The Morgan fingerprint density at radius 2 is 1.86 bits per heavy atom. The van der Waals surface area contributed by atoms with Crippen molar-refractivity contribution in [2.45, 2.75) is 32.7 Å². The lowest BCUT2D eigenvalue weighted by molar-refractivity contribution is -0.130. The fourth-order valence-corrected chi connectivity index (χ4v) is 2.30. The maximum atomic E-state index is 12.1. The van der Waals surface area contributed by atoms with E-state index >= 15 is 0 Å². The number of amides is 1. The highest BCUT2D eigenvalue weighted by molar-refractivity contribution is 5.76. The molecule has 0 atom stereocenters. The lowest BCUT2D eigenvalue weighted by Gasteiger charge is -2.16. The summed E-state index contributed by atoms with van der Waals surface area (Å²) in [5.74, 6) is 0.165. The zero-order chi connectivity index (χ0) is 15.2. The molecule has 0 radical (unpaired) electrons. The fraction of sp³-hybridized carbons (Fsp3) is 0.412. The highest BCUT2D eigenvalue weighted by Gasteiger charge is 2.10. The molecule has 4 nitrogen and oxygen atoms in total. The molecule has 1 amide bonds. The summed E-state index contributed by atoms with van der Waals surface area (Å²) >= 11 is 0. The van der Waals surface area contributed by atoms with Gasteiger partial charge >= 0.3 is 0 Å². The van der Waals surface area contributed by atoms with Crippen LogP contribution in [0.1, 0.15) is 30.0 Å². The molecular weight excluding hydrogens is 262 g/mol. The van der Waals surface area contributed by atoms with Crippen LogP contribution in [0.25, 0.3) is 0 Å². The van der Waals surface area contributed by atoms with Gasteiger partial charge in [-0.05, 0) is 24.0 Å². The number of rotatable bonds is 6. The van der Waals surface area contributed by atoms with Gasteiger partial charge in [-0.1, -0.05) is 31.2 Å². The van der Waals surface area contributed by atoms with Crippen molar-refractivity contribution in [2.75, 3.05) is 7.05 Å². The molecule has 21 heavy (non-hydrogen) atoms. The molecule has 0 unspecified atom stereocenters. The zero-order valence-corrected chi connectivity index (χ0v) is 13.0. The van der Waals surface area contributed by atoms with E-state index in [1.807, 2.05) is 20.3 Å². The van der Waals surface area contributed by atoms with E-state index in [0.717, 1.165) is 18.4 Å². The Bertz CT molecular complexity index is 586. The van der Waals surface area contributed by atoms with Crippen LogP contribution in [0, 0.1) is 0 Å². The first kappa shape index (κ1) is 15.3. The van der Waals surface area contributed by atoms with Crippen LogP contribution in [-0.4, -0.2) is 27.6 Å². The number of benzene rings is 1. The second-order valence-corrected chi connectivity index (χ2v) is 5.44. The Morgan fingerprint density at radius 3 is 2.43 bits per heavy atom. The molecule has 2 aromatic rings. The molecular formula is C17H23N3O. The van der Waals surface area contributed by atoms with Crippen molar-refractivity contribution < 1.29 is 4.79 Å². The van der Waals surface area contributed by atoms with E-state index in [9.17, 15) is 4.79 Å². The highest BCUT2D eigenvalue weighted by atomic mass is 16.2. The van der Waals surface area contributed by atoms with Crippen molar-refractivity contribution in [1.29, 1.82) is 0 Å². The molecule has 112 valence electrons. The number of aromatic nitrogens is 2. The van der Waals surface area contributed by atoms with Crippen LogP contribution in [0.3, 0.4) is 0 Å². The Kier molecular flexibility index (Phi) is 5.14. The van der Waals surface area contributed by atoms with Crippen molar-refractivity contribution >= 4 is 5.91 Å². The third kappa shape index (κ3) is 4.45. The zero-order valence-electron chi connectivity index (χ0n) is 13.0. The van der Waals surface area contributed by atoms with E-state index < -0.39 is 0 Å². The summed E-state index contributed by atoms with van der Waals surface area (Å²) in [6, 6.07) is 8.51. The van der Waals surface area contributed by atoms with E-state index in [-0.39, 0.29) is 5.91 Å². The van der Waals surface area contributed by atoms with Crippen LogP contribution >= 0.6 is 0 Å². The Balaban J connectivity index is 1.82. The van der Waals surface area contributed by atoms with Crippen molar-refractivity contribution in [2.24, 2.45) is 7.05 Å². The molecule has 1 aromatic heterocycles. The van der Waals surface area contributed by atoms with E-state index in [2.05, 4.69) is 36.3 Å². The first-order valence-electron chi connectivity index (χ1n) is 7.37. The molecule has 0 saturated carbocycles. The first-order valence-corrected chi connectivity index (χ1v) is 7.37. The quantitative estimate of drug-likeness (QED) is 0.818. The van der Waals surface area contributed by atoms with Gasteiger partial charge in [0, 0.05) is 38.8 Å². The minimum atomic E-state index is 0.165. The number of carbonyl (C=O) groups is 1. The average Bonchev–Trinajstić information content (AvgIpc) is 2.90. The molecule has 0 saturated heterocycles. The largest absolute Gasteiger partial charge is 0.341 e. The van der Waals surface area contributed by atoms with E-state index in [1.54, 1.807) is 15.8 Å². The second-order valence-electron chi connectivity index (χ2n) is 5.44. The summed E-state index contributed by atoms with van der Waals surface area (Å²) < 4.78 is 1.75. The van der Waals surface area contributed by atoms with E-state index in [0.29, 0.717) is 13.0 Å². The smallest absolute Gasteiger partial charge is 0.222 e. The average molecular weight is 285 g/mol. The van der Waals surface area contributed by atoms with Crippen molar-refractivity contribution in [3.05, 3.63) is 53.3 Å². The predicted octanol–water partition coefficient (Wildman–Crippen LogP) is 2.57. The third-order valence-electron chi connectivity index (χ3n) is 3.66. The molecule has 1 heterocycles. The summed E-state index contributed by atoms with van der Waals surface area (Å²) in [4.78, 5) is 13.9. The van der Waals surface area contributed by atoms with Gasteiger partial charge in [-0.15, -0.1) is 0 Å². The highest BCUT2D eigenvalue weighted by Crippen LogP contribution is 2.09. The monoisotopic (exact) mass is 285 g/mol. The lowest BCUT2D eigenvalue weighted by Crippen LogP contribution is -2.26. The summed E-state index contributed by atoms with van der Waals surface area (Å²) in [6.07, 6.45) is 6.12. The van der Waals surface area contributed by atoms with Crippen LogP contribution < -0.4 is 0 Å². The number of hydrogen-bond donors (Lipinski definition) is 0. The number of nitrogens with zero attached hydrogens (tertiary/aromatic N) is 3. The van der Waals surface area contributed by atoms with Gasteiger partial charge in [0.05, 0.1) is 6.20 Å². The second kappa shape index (κ2) is 7.07. The van der Waals surface area contributed by atoms with Crippen LogP contribution in [0.4, 0.5) is 0 Å². The number of hydrogen-bond acceptors (Lipinski definition) is 2. The maximum absolute atomic E-state index is 12.1. The third-order valence-corrected chi connectivity index (χ3v) is 3.66. The lowest BCUT2D eigenvalue weighted by atomic mass is 10.1. The van der Waals surface area contributed by atoms with Gasteiger partial charge in [0.2, 0.25) is 5.91 Å². The van der Waals surface area contributed by atoms with Gasteiger partial charge in [-0.2, -0.15) is 5.10 Å². The topological polar surface area (TPSA) is 38.1 Å². The van der Waals surface area contributed by atoms with Gasteiger partial charge in [0.25, 0.3) is 0 Å².